The molecule has 2 rings (SSSR count). The van der Waals surface area contributed by atoms with Gasteiger partial charge in [0.15, 0.2) is 0 Å². The van der Waals surface area contributed by atoms with Crippen molar-refractivity contribution in [2.24, 2.45) is 17.6 Å². The number of nitrogens with two attached hydrogens (primary N) is 1. The third-order valence-electron chi connectivity index (χ3n) is 4.13. The summed E-state index contributed by atoms with van der Waals surface area (Å²) in [5.74, 6) is 3.92. The van der Waals surface area contributed by atoms with Crippen LogP contribution in [0.1, 0.15) is 32.6 Å². The van der Waals surface area contributed by atoms with E-state index in [1.54, 1.807) is 0 Å². The van der Waals surface area contributed by atoms with E-state index in [9.17, 15) is 4.79 Å². The van der Waals surface area contributed by atoms with Crippen molar-refractivity contribution in [1.82, 2.24) is 4.90 Å². The van der Waals surface area contributed by atoms with Crippen molar-refractivity contribution >= 4 is 17.7 Å². The first-order chi connectivity index (χ1) is 8.16. The van der Waals surface area contributed by atoms with Gasteiger partial charge in [-0.15, -0.1) is 0 Å². The largest absolute Gasteiger partial charge is 0.342 e. The molecule has 98 valence electrons. The van der Waals surface area contributed by atoms with Crippen molar-refractivity contribution in [2.45, 2.75) is 38.6 Å². The predicted octanol–water partition coefficient (Wildman–Crippen LogP) is 1.72. The molecule has 17 heavy (non-hydrogen) atoms. The van der Waals surface area contributed by atoms with E-state index in [0.717, 1.165) is 25.9 Å². The Bertz CT molecular complexity index is 266. The third kappa shape index (κ3) is 3.62. The summed E-state index contributed by atoms with van der Waals surface area (Å²) in [6, 6.07) is 0.283. The van der Waals surface area contributed by atoms with Gasteiger partial charge in [-0.2, -0.15) is 11.8 Å². The fourth-order valence-electron chi connectivity index (χ4n) is 2.72. The maximum Gasteiger partial charge on any atom is 0.222 e. The highest BCUT2D eigenvalue weighted by Crippen LogP contribution is 2.26. The summed E-state index contributed by atoms with van der Waals surface area (Å²) in [5, 5.41) is 0. The Kier molecular flexibility index (Phi) is 4.74. The number of carbonyl (C=O) groups excluding carboxylic acids is 1. The number of amides is 1. The quantitative estimate of drug-likeness (QED) is 0.818. The van der Waals surface area contributed by atoms with Crippen LogP contribution in [0.15, 0.2) is 0 Å². The second-order valence-electron chi connectivity index (χ2n) is 5.53. The van der Waals surface area contributed by atoms with Gasteiger partial charge in [-0.25, -0.2) is 0 Å². The zero-order valence-corrected chi connectivity index (χ0v) is 11.5. The SMILES string of the molecule is CC1CN(C(=O)CC2CCSCC2)CCC1N. The zero-order valence-electron chi connectivity index (χ0n) is 10.7. The molecule has 2 fully saturated rings. The van der Waals surface area contributed by atoms with E-state index in [-0.39, 0.29) is 6.04 Å². The van der Waals surface area contributed by atoms with E-state index in [2.05, 4.69) is 6.92 Å². The Hall–Kier alpha value is -0.220. The number of likely N-dealkylation sites (tertiary alicyclic amines) is 1. The lowest BCUT2D eigenvalue weighted by molar-refractivity contribution is -0.134. The van der Waals surface area contributed by atoms with Crippen LogP contribution in [0.4, 0.5) is 0 Å². The number of piperidine rings is 1. The van der Waals surface area contributed by atoms with Crippen LogP contribution in [0.25, 0.3) is 0 Å². The third-order valence-corrected chi connectivity index (χ3v) is 5.18. The molecule has 1 amide bonds. The summed E-state index contributed by atoms with van der Waals surface area (Å²) >= 11 is 2.02. The topological polar surface area (TPSA) is 46.3 Å². The van der Waals surface area contributed by atoms with E-state index in [1.165, 1.54) is 24.3 Å². The van der Waals surface area contributed by atoms with Crippen LogP contribution in [0.5, 0.6) is 0 Å². The smallest absolute Gasteiger partial charge is 0.222 e. The van der Waals surface area contributed by atoms with Gasteiger partial charge in [-0.05, 0) is 42.6 Å². The van der Waals surface area contributed by atoms with Crippen LogP contribution in [0.2, 0.25) is 0 Å². The first-order valence-electron chi connectivity index (χ1n) is 6.78. The maximum absolute atomic E-state index is 12.2. The van der Waals surface area contributed by atoms with Gasteiger partial charge in [0.05, 0.1) is 0 Å². The Labute approximate surface area is 108 Å². The number of rotatable bonds is 2. The van der Waals surface area contributed by atoms with Gasteiger partial charge in [0, 0.05) is 25.6 Å². The van der Waals surface area contributed by atoms with Gasteiger partial charge in [-0.3, -0.25) is 4.79 Å². The summed E-state index contributed by atoms with van der Waals surface area (Å²) in [7, 11) is 0. The van der Waals surface area contributed by atoms with E-state index < -0.39 is 0 Å². The predicted molar refractivity (Wildman–Crippen MR) is 73.0 cm³/mol. The Balaban J connectivity index is 1.79. The van der Waals surface area contributed by atoms with Gasteiger partial charge in [-0.1, -0.05) is 6.92 Å². The van der Waals surface area contributed by atoms with Gasteiger partial charge in [0.1, 0.15) is 0 Å². The molecule has 0 radical (unpaired) electrons. The lowest BCUT2D eigenvalue weighted by Gasteiger charge is -2.36. The molecule has 0 bridgehead atoms. The molecule has 0 saturated carbocycles. The van der Waals surface area contributed by atoms with Gasteiger partial charge >= 0.3 is 0 Å². The highest BCUT2D eigenvalue weighted by Gasteiger charge is 2.27. The van der Waals surface area contributed by atoms with Crippen molar-refractivity contribution in [2.75, 3.05) is 24.6 Å². The van der Waals surface area contributed by atoms with Crippen LogP contribution < -0.4 is 5.73 Å². The molecule has 4 heteroatoms. The summed E-state index contributed by atoms with van der Waals surface area (Å²) in [5.41, 5.74) is 5.98. The molecular weight excluding hydrogens is 232 g/mol. The second kappa shape index (κ2) is 6.10. The Morgan fingerprint density at radius 1 is 1.35 bits per heavy atom. The molecule has 2 saturated heterocycles. The lowest BCUT2D eigenvalue weighted by atomic mass is 9.93. The van der Waals surface area contributed by atoms with E-state index in [1.807, 2.05) is 16.7 Å². The lowest BCUT2D eigenvalue weighted by Crippen LogP contribution is -2.48. The first-order valence-corrected chi connectivity index (χ1v) is 7.93. The first kappa shape index (κ1) is 13.2. The second-order valence-corrected chi connectivity index (χ2v) is 6.75. The van der Waals surface area contributed by atoms with E-state index in [0.29, 0.717) is 17.7 Å². The molecular formula is C13H24N2OS. The summed E-state index contributed by atoms with van der Waals surface area (Å²) < 4.78 is 0. The molecule has 2 aliphatic rings. The number of hydrogen-bond donors (Lipinski definition) is 1. The van der Waals surface area contributed by atoms with Gasteiger partial charge in [0.2, 0.25) is 5.91 Å². The van der Waals surface area contributed by atoms with Crippen LogP contribution >= 0.6 is 11.8 Å². The molecule has 0 aromatic heterocycles. The maximum atomic E-state index is 12.2. The van der Waals surface area contributed by atoms with E-state index >= 15 is 0 Å². The molecule has 0 aliphatic carbocycles. The van der Waals surface area contributed by atoms with Crippen molar-refractivity contribution in [1.29, 1.82) is 0 Å². The molecule has 2 heterocycles. The van der Waals surface area contributed by atoms with Crippen molar-refractivity contribution in [3.05, 3.63) is 0 Å². The van der Waals surface area contributed by atoms with Crippen molar-refractivity contribution in [3.8, 4) is 0 Å². The van der Waals surface area contributed by atoms with Crippen LogP contribution in [-0.4, -0.2) is 41.4 Å². The Morgan fingerprint density at radius 2 is 2.06 bits per heavy atom. The van der Waals surface area contributed by atoms with Crippen LogP contribution in [0, 0.1) is 11.8 Å². The fraction of sp³-hybridized carbons (Fsp3) is 0.923. The minimum Gasteiger partial charge on any atom is -0.342 e. The highest BCUT2D eigenvalue weighted by atomic mass is 32.2. The number of carbonyl (C=O) groups is 1. The molecule has 2 N–H and O–H groups in total. The molecule has 0 spiro atoms. The standard InChI is InChI=1S/C13H24N2OS/c1-10-9-15(5-2-12(10)14)13(16)8-11-3-6-17-7-4-11/h10-12H,2-9,14H2,1H3. The van der Waals surface area contributed by atoms with Crippen molar-refractivity contribution in [3.63, 3.8) is 0 Å². The average molecular weight is 256 g/mol. The van der Waals surface area contributed by atoms with Crippen molar-refractivity contribution < 1.29 is 4.79 Å². The molecule has 0 aromatic rings. The van der Waals surface area contributed by atoms with Crippen LogP contribution in [0.3, 0.4) is 0 Å². The number of nitrogens with zero attached hydrogens (tertiary/aromatic N) is 1. The fourth-order valence-corrected chi connectivity index (χ4v) is 3.92. The normalized spacial score (nSPS) is 31.5. The molecule has 3 nitrogen and oxygen atoms in total. The summed E-state index contributed by atoms with van der Waals surface area (Å²) in [6.07, 6.45) is 4.18. The van der Waals surface area contributed by atoms with Gasteiger partial charge < -0.3 is 10.6 Å². The molecule has 0 aromatic carbocycles. The van der Waals surface area contributed by atoms with Gasteiger partial charge in [0.25, 0.3) is 0 Å². The molecule has 2 unspecified atom stereocenters. The van der Waals surface area contributed by atoms with Crippen LogP contribution in [-0.2, 0) is 4.79 Å². The minimum absolute atomic E-state index is 0.283. The Morgan fingerprint density at radius 3 is 2.71 bits per heavy atom. The number of hydrogen-bond acceptors (Lipinski definition) is 3. The molecule has 2 atom stereocenters. The summed E-state index contributed by atoms with van der Waals surface area (Å²) in [4.78, 5) is 14.2. The summed E-state index contributed by atoms with van der Waals surface area (Å²) in [6.45, 7) is 3.88. The zero-order chi connectivity index (χ0) is 12.3. The van der Waals surface area contributed by atoms with E-state index in [4.69, 9.17) is 5.73 Å². The monoisotopic (exact) mass is 256 g/mol. The average Bonchev–Trinajstić information content (AvgIpc) is 2.34. The minimum atomic E-state index is 0.283. The molecule has 2 aliphatic heterocycles. The number of thioether (sulfide) groups is 1. The highest BCUT2D eigenvalue weighted by molar-refractivity contribution is 7.99.